The van der Waals surface area contributed by atoms with Crippen LogP contribution in [0.5, 0.6) is 0 Å². The second-order valence-electron chi connectivity index (χ2n) is 2.78. The maximum atomic E-state index is 11.5. The first-order valence-corrected chi connectivity index (χ1v) is 6.59. The first kappa shape index (κ1) is 11.6. The van der Waals surface area contributed by atoms with Crippen molar-refractivity contribution >= 4 is 21.4 Å². The lowest BCUT2D eigenvalue weighted by atomic mass is 10.5. The molecule has 0 fully saturated rings. The second-order valence-corrected chi connectivity index (χ2v) is 5.94. The lowest BCUT2D eigenvalue weighted by Crippen LogP contribution is -2.23. The van der Waals surface area contributed by atoms with E-state index >= 15 is 0 Å². The molecule has 1 rings (SSSR count). The standard InChI is InChI=1S/C8H13NO3S2/c1-2-5-9-14(11,12)8-4-3-7(6-10)13-8/h3-4,9-10H,2,5-6H2,1H3. The van der Waals surface area contributed by atoms with Gasteiger partial charge in [-0.05, 0) is 18.6 Å². The van der Waals surface area contributed by atoms with E-state index in [0.717, 1.165) is 17.8 Å². The Hall–Kier alpha value is -0.430. The van der Waals surface area contributed by atoms with Crippen LogP contribution in [0, 0.1) is 0 Å². The summed E-state index contributed by atoms with van der Waals surface area (Å²) >= 11 is 1.09. The maximum absolute atomic E-state index is 11.5. The molecule has 0 saturated heterocycles. The summed E-state index contributed by atoms with van der Waals surface area (Å²) in [5.41, 5.74) is 0. The number of hydrogen-bond acceptors (Lipinski definition) is 4. The van der Waals surface area contributed by atoms with Crippen LogP contribution in [0.1, 0.15) is 18.2 Å². The van der Waals surface area contributed by atoms with Gasteiger partial charge in [-0.25, -0.2) is 13.1 Å². The van der Waals surface area contributed by atoms with Gasteiger partial charge in [-0.3, -0.25) is 0 Å². The number of aliphatic hydroxyl groups is 1. The molecule has 0 radical (unpaired) electrons. The summed E-state index contributed by atoms with van der Waals surface area (Å²) in [6.45, 7) is 2.22. The number of sulfonamides is 1. The van der Waals surface area contributed by atoms with Gasteiger partial charge in [0.15, 0.2) is 0 Å². The van der Waals surface area contributed by atoms with Gasteiger partial charge in [0, 0.05) is 11.4 Å². The van der Waals surface area contributed by atoms with Crippen molar-refractivity contribution in [2.75, 3.05) is 6.54 Å². The van der Waals surface area contributed by atoms with Gasteiger partial charge in [-0.15, -0.1) is 11.3 Å². The van der Waals surface area contributed by atoms with Crippen LogP contribution in [-0.2, 0) is 16.6 Å². The van der Waals surface area contributed by atoms with Crippen molar-refractivity contribution in [1.29, 1.82) is 0 Å². The predicted molar refractivity (Wildman–Crippen MR) is 55.7 cm³/mol. The summed E-state index contributed by atoms with van der Waals surface area (Å²) < 4.78 is 25.8. The Morgan fingerprint density at radius 3 is 2.71 bits per heavy atom. The van der Waals surface area contributed by atoms with Crippen molar-refractivity contribution in [2.24, 2.45) is 0 Å². The molecule has 4 nitrogen and oxygen atoms in total. The molecule has 0 bridgehead atoms. The molecule has 2 N–H and O–H groups in total. The van der Waals surface area contributed by atoms with Crippen LogP contribution in [0.25, 0.3) is 0 Å². The van der Waals surface area contributed by atoms with E-state index in [4.69, 9.17) is 5.11 Å². The zero-order valence-electron chi connectivity index (χ0n) is 7.86. The summed E-state index contributed by atoms with van der Waals surface area (Å²) in [5, 5.41) is 8.79. The molecule has 14 heavy (non-hydrogen) atoms. The number of nitrogens with one attached hydrogen (secondary N) is 1. The Balaban J connectivity index is 2.81. The van der Waals surface area contributed by atoms with Crippen molar-refractivity contribution in [3.8, 4) is 0 Å². The Kier molecular flexibility index (Phi) is 4.06. The van der Waals surface area contributed by atoms with Crippen LogP contribution >= 0.6 is 11.3 Å². The zero-order chi connectivity index (χ0) is 10.6. The highest BCUT2D eigenvalue weighted by molar-refractivity contribution is 7.91. The van der Waals surface area contributed by atoms with Gasteiger partial charge in [0.2, 0.25) is 10.0 Å². The highest BCUT2D eigenvalue weighted by Crippen LogP contribution is 2.21. The largest absolute Gasteiger partial charge is 0.391 e. The Labute approximate surface area is 87.6 Å². The first-order chi connectivity index (χ1) is 6.60. The van der Waals surface area contributed by atoms with Gasteiger partial charge in [0.1, 0.15) is 4.21 Å². The van der Waals surface area contributed by atoms with E-state index in [9.17, 15) is 8.42 Å². The van der Waals surface area contributed by atoms with Crippen LogP contribution < -0.4 is 4.72 Å². The number of thiophene rings is 1. The molecule has 0 aliphatic heterocycles. The highest BCUT2D eigenvalue weighted by atomic mass is 32.2. The third-order valence-electron chi connectivity index (χ3n) is 1.60. The van der Waals surface area contributed by atoms with Crippen molar-refractivity contribution < 1.29 is 13.5 Å². The van der Waals surface area contributed by atoms with Crippen molar-refractivity contribution in [2.45, 2.75) is 24.2 Å². The second kappa shape index (κ2) is 4.88. The molecule has 1 aromatic rings. The summed E-state index contributed by atoms with van der Waals surface area (Å²) in [4.78, 5) is 0.655. The molecule has 80 valence electrons. The van der Waals surface area contributed by atoms with E-state index in [0.29, 0.717) is 11.4 Å². The molecule has 6 heteroatoms. The molecule has 1 aromatic heterocycles. The normalized spacial score (nSPS) is 11.9. The molecule has 0 aliphatic carbocycles. The van der Waals surface area contributed by atoms with E-state index in [-0.39, 0.29) is 10.8 Å². The average Bonchev–Trinajstić information content (AvgIpc) is 2.63. The quantitative estimate of drug-likeness (QED) is 0.798. The number of aliphatic hydroxyl groups excluding tert-OH is 1. The van der Waals surface area contributed by atoms with E-state index < -0.39 is 10.0 Å². The Morgan fingerprint density at radius 2 is 2.21 bits per heavy atom. The molecule has 0 aromatic carbocycles. The molecule has 0 aliphatic rings. The zero-order valence-corrected chi connectivity index (χ0v) is 9.49. The van der Waals surface area contributed by atoms with E-state index in [1.165, 1.54) is 6.07 Å². The summed E-state index contributed by atoms with van der Waals surface area (Å²) in [7, 11) is -3.35. The third kappa shape index (κ3) is 2.78. The molecule has 0 spiro atoms. The first-order valence-electron chi connectivity index (χ1n) is 4.29. The van der Waals surface area contributed by atoms with Gasteiger partial charge in [-0.1, -0.05) is 6.92 Å². The van der Waals surface area contributed by atoms with Gasteiger partial charge < -0.3 is 5.11 Å². The average molecular weight is 235 g/mol. The lowest BCUT2D eigenvalue weighted by molar-refractivity contribution is 0.285. The van der Waals surface area contributed by atoms with Crippen molar-refractivity contribution in [1.82, 2.24) is 4.72 Å². The molecule has 0 amide bonds. The van der Waals surface area contributed by atoms with Crippen LogP contribution in [0.4, 0.5) is 0 Å². The fourth-order valence-electron chi connectivity index (χ4n) is 0.895. The van der Waals surface area contributed by atoms with Crippen molar-refractivity contribution in [3.63, 3.8) is 0 Å². The lowest BCUT2D eigenvalue weighted by Gasteiger charge is -2.01. The SMILES string of the molecule is CCCNS(=O)(=O)c1ccc(CO)s1. The summed E-state index contributed by atoms with van der Waals surface area (Å²) in [6.07, 6.45) is 0.761. The fourth-order valence-corrected chi connectivity index (χ4v) is 3.29. The number of rotatable bonds is 5. The maximum Gasteiger partial charge on any atom is 0.250 e. The van der Waals surface area contributed by atoms with Gasteiger partial charge in [0.05, 0.1) is 6.61 Å². The topological polar surface area (TPSA) is 66.4 Å². The minimum Gasteiger partial charge on any atom is -0.391 e. The van der Waals surface area contributed by atoms with Crippen LogP contribution in [0.15, 0.2) is 16.3 Å². The molecular formula is C8H13NO3S2. The third-order valence-corrected chi connectivity index (χ3v) is 4.62. The molecular weight excluding hydrogens is 222 g/mol. The van der Waals surface area contributed by atoms with E-state index in [1.807, 2.05) is 6.92 Å². The molecule has 0 atom stereocenters. The Bertz CT molecular complexity index is 383. The Morgan fingerprint density at radius 1 is 1.50 bits per heavy atom. The molecule has 1 heterocycles. The highest BCUT2D eigenvalue weighted by Gasteiger charge is 2.15. The van der Waals surface area contributed by atoms with Gasteiger partial charge >= 0.3 is 0 Å². The molecule has 0 unspecified atom stereocenters. The summed E-state index contributed by atoms with van der Waals surface area (Å²) in [6, 6.07) is 3.12. The fraction of sp³-hybridized carbons (Fsp3) is 0.500. The van der Waals surface area contributed by atoms with E-state index in [2.05, 4.69) is 4.72 Å². The van der Waals surface area contributed by atoms with Crippen molar-refractivity contribution in [3.05, 3.63) is 17.0 Å². The monoisotopic (exact) mass is 235 g/mol. The van der Waals surface area contributed by atoms with Gasteiger partial charge in [0.25, 0.3) is 0 Å². The van der Waals surface area contributed by atoms with Crippen LogP contribution in [0.2, 0.25) is 0 Å². The van der Waals surface area contributed by atoms with Crippen LogP contribution in [-0.4, -0.2) is 20.1 Å². The van der Waals surface area contributed by atoms with Crippen LogP contribution in [0.3, 0.4) is 0 Å². The van der Waals surface area contributed by atoms with E-state index in [1.54, 1.807) is 6.07 Å². The molecule has 0 saturated carbocycles. The predicted octanol–water partition coefficient (Wildman–Crippen LogP) is 0.929. The summed E-state index contributed by atoms with van der Waals surface area (Å²) in [5.74, 6) is 0. The number of hydrogen-bond donors (Lipinski definition) is 2. The van der Waals surface area contributed by atoms with Gasteiger partial charge in [-0.2, -0.15) is 0 Å². The minimum absolute atomic E-state index is 0.117. The smallest absolute Gasteiger partial charge is 0.250 e. The minimum atomic E-state index is -3.35.